The second-order valence-electron chi connectivity index (χ2n) is 7.67. The summed E-state index contributed by atoms with van der Waals surface area (Å²) in [5.41, 5.74) is 2.85. The highest BCUT2D eigenvalue weighted by molar-refractivity contribution is 7.98. The highest BCUT2D eigenvalue weighted by Gasteiger charge is 2.14. The van der Waals surface area contributed by atoms with Gasteiger partial charge in [-0.15, -0.1) is 0 Å². The molecule has 1 N–H and O–H groups in total. The van der Waals surface area contributed by atoms with E-state index in [0.29, 0.717) is 28.2 Å². The standard InChI is InChI=1S/C25H25N3O4S/c1-15(2)31-19-10-8-17(9-11-19)24-26-22(16(3)32-24)14-33-25-27-21(13-23(29)28-25)18-6-5-7-20(12-18)30-4/h5-13,15H,14H2,1-4H3,(H,27,28,29). The van der Waals surface area contributed by atoms with Gasteiger partial charge in [0.2, 0.25) is 5.89 Å². The highest BCUT2D eigenvalue weighted by atomic mass is 32.2. The van der Waals surface area contributed by atoms with Gasteiger partial charge in [0.05, 0.1) is 24.6 Å². The number of aromatic nitrogens is 3. The summed E-state index contributed by atoms with van der Waals surface area (Å²) in [6.45, 7) is 5.86. The van der Waals surface area contributed by atoms with E-state index in [4.69, 9.17) is 13.9 Å². The van der Waals surface area contributed by atoms with Crippen LogP contribution >= 0.6 is 11.8 Å². The lowest BCUT2D eigenvalue weighted by atomic mass is 10.1. The Bertz CT molecular complexity index is 1300. The average molecular weight is 464 g/mol. The van der Waals surface area contributed by atoms with Crippen LogP contribution in [0.15, 0.2) is 69.0 Å². The maximum absolute atomic E-state index is 12.2. The SMILES string of the molecule is COc1cccc(-c2cc(=O)[nH]c(SCc3nc(-c4ccc(OC(C)C)cc4)oc3C)n2)c1. The van der Waals surface area contributed by atoms with Crippen LogP contribution in [0.25, 0.3) is 22.7 Å². The number of hydrogen-bond acceptors (Lipinski definition) is 7. The van der Waals surface area contributed by atoms with Crippen molar-refractivity contribution >= 4 is 11.8 Å². The molecule has 7 nitrogen and oxygen atoms in total. The van der Waals surface area contributed by atoms with E-state index >= 15 is 0 Å². The first-order chi connectivity index (χ1) is 15.9. The van der Waals surface area contributed by atoms with Crippen molar-refractivity contribution in [1.82, 2.24) is 15.0 Å². The summed E-state index contributed by atoms with van der Waals surface area (Å²) >= 11 is 1.40. The second-order valence-corrected chi connectivity index (χ2v) is 8.63. The summed E-state index contributed by atoms with van der Waals surface area (Å²) < 4.78 is 16.8. The number of aromatic amines is 1. The Kier molecular flexibility index (Phi) is 6.84. The highest BCUT2D eigenvalue weighted by Crippen LogP contribution is 2.28. The van der Waals surface area contributed by atoms with Crippen molar-refractivity contribution in [3.05, 3.63) is 76.4 Å². The van der Waals surface area contributed by atoms with Crippen LogP contribution in [0.5, 0.6) is 11.5 Å². The Labute approximate surface area is 196 Å². The number of nitrogens with one attached hydrogen (secondary N) is 1. The van der Waals surface area contributed by atoms with Crippen LogP contribution in [0.2, 0.25) is 0 Å². The molecule has 4 aromatic rings. The van der Waals surface area contributed by atoms with Crippen LogP contribution in [-0.2, 0) is 5.75 Å². The van der Waals surface area contributed by atoms with Crippen molar-refractivity contribution in [3.63, 3.8) is 0 Å². The van der Waals surface area contributed by atoms with Crippen LogP contribution in [0.3, 0.4) is 0 Å². The fourth-order valence-electron chi connectivity index (χ4n) is 3.20. The molecule has 0 bridgehead atoms. The van der Waals surface area contributed by atoms with Gasteiger partial charge in [-0.3, -0.25) is 4.79 Å². The topological polar surface area (TPSA) is 90.2 Å². The number of benzene rings is 2. The Balaban J connectivity index is 1.50. The van der Waals surface area contributed by atoms with Crippen molar-refractivity contribution < 1.29 is 13.9 Å². The third kappa shape index (κ3) is 5.64. The molecule has 0 fully saturated rings. The number of nitrogens with zero attached hydrogens (tertiary/aromatic N) is 2. The maximum atomic E-state index is 12.2. The van der Waals surface area contributed by atoms with E-state index in [1.807, 2.05) is 69.3 Å². The van der Waals surface area contributed by atoms with E-state index in [1.165, 1.54) is 17.8 Å². The van der Waals surface area contributed by atoms with Gasteiger partial charge in [-0.25, -0.2) is 9.97 Å². The van der Waals surface area contributed by atoms with Gasteiger partial charge < -0.3 is 18.9 Å². The first-order valence-electron chi connectivity index (χ1n) is 10.5. The number of oxazole rings is 1. The minimum absolute atomic E-state index is 0.117. The average Bonchev–Trinajstić information content (AvgIpc) is 3.18. The third-order valence-electron chi connectivity index (χ3n) is 4.80. The smallest absolute Gasteiger partial charge is 0.252 e. The summed E-state index contributed by atoms with van der Waals surface area (Å²) in [5, 5.41) is 0.513. The summed E-state index contributed by atoms with van der Waals surface area (Å²) in [4.78, 5) is 24.3. The third-order valence-corrected chi connectivity index (χ3v) is 5.68. The maximum Gasteiger partial charge on any atom is 0.252 e. The Morgan fingerprint density at radius 1 is 1.03 bits per heavy atom. The van der Waals surface area contributed by atoms with Crippen molar-refractivity contribution in [2.24, 2.45) is 0 Å². The van der Waals surface area contributed by atoms with E-state index in [1.54, 1.807) is 7.11 Å². The first kappa shape index (κ1) is 22.7. The van der Waals surface area contributed by atoms with E-state index < -0.39 is 0 Å². The van der Waals surface area contributed by atoms with Gasteiger partial charge >= 0.3 is 0 Å². The zero-order chi connectivity index (χ0) is 23.4. The normalized spacial score (nSPS) is 11.1. The molecule has 0 saturated carbocycles. The Morgan fingerprint density at radius 3 is 2.55 bits per heavy atom. The minimum Gasteiger partial charge on any atom is -0.497 e. The zero-order valence-electron chi connectivity index (χ0n) is 18.9. The minimum atomic E-state index is -0.216. The number of thioether (sulfide) groups is 1. The number of H-pyrrole nitrogens is 1. The molecule has 0 aliphatic rings. The van der Waals surface area contributed by atoms with Crippen molar-refractivity contribution in [2.45, 2.75) is 37.8 Å². The molecule has 33 heavy (non-hydrogen) atoms. The van der Waals surface area contributed by atoms with Gasteiger partial charge in [-0.05, 0) is 57.2 Å². The summed E-state index contributed by atoms with van der Waals surface area (Å²) in [6, 6.07) is 16.6. The summed E-state index contributed by atoms with van der Waals surface area (Å²) in [7, 11) is 1.61. The van der Waals surface area contributed by atoms with Crippen molar-refractivity contribution in [3.8, 4) is 34.2 Å². The Hall–Kier alpha value is -3.52. The molecule has 2 heterocycles. The second kappa shape index (κ2) is 9.95. The van der Waals surface area contributed by atoms with Gasteiger partial charge in [-0.1, -0.05) is 23.9 Å². The molecule has 4 rings (SSSR count). The lowest BCUT2D eigenvalue weighted by Crippen LogP contribution is -2.08. The van der Waals surface area contributed by atoms with Gasteiger partial charge in [0, 0.05) is 22.9 Å². The molecule has 8 heteroatoms. The van der Waals surface area contributed by atoms with Crippen LogP contribution < -0.4 is 15.0 Å². The van der Waals surface area contributed by atoms with E-state index in [9.17, 15) is 4.79 Å². The fourth-order valence-corrected chi connectivity index (χ4v) is 4.08. The molecule has 0 saturated heterocycles. The molecular formula is C25H25N3O4S. The predicted molar refractivity (Wildman–Crippen MR) is 129 cm³/mol. The molecule has 0 aliphatic heterocycles. The lowest BCUT2D eigenvalue weighted by Gasteiger charge is -2.09. The van der Waals surface area contributed by atoms with Crippen molar-refractivity contribution in [1.29, 1.82) is 0 Å². The first-order valence-corrected chi connectivity index (χ1v) is 11.5. The monoisotopic (exact) mass is 463 g/mol. The zero-order valence-corrected chi connectivity index (χ0v) is 19.7. The number of ether oxygens (including phenoxy) is 2. The largest absolute Gasteiger partial charge is 0.497 e. The predicted octanol–water partition coefficient (Wildman–Crippen LogP) is 5.49. The molecule has 170 valence electrons. The molecule has 0 amide bonds. The molecule has 0 atom stereocenters. The van der Waals surface area contributed by atoms with Crippen LogP contribution in [0.4, 0.5) is 0 Å². The van der Waals surface area contributed by atoms with Crippen molar-refractivity contribution in [2.75, 3.05) is 7.11 Å². The lowest BCUT2D eigenvalue weighted by molar-refractivity contribution is 0.242. The fraction of sp³-hybridized carbons (Fsp3) is 0.240. The van der Waals surface area contributed by atoms with Crippen LogP contribution in [0, 0.1) is 6.92 Å². The Morgan fingerprint density at radius 2 is 1.82 bits per heavy atom. The van der Waals surface area contributed by atoms with Gasteiger partial charge in [0.15, 0.2) is 5.16 Å². The number of aryl methyl sites for hydroxylation is 1. The van der Waals surface area contributed by atoms with E-state index in [-0.39, 0.29) is 11.7 Å². The number of rotatable bonds is 8. The molecule has 0 radical (unpaired) electrons. The van der Waals surface area contributed by atoms with Crippen LogP contribution in [-0.4, -0.2) is 28.2 Å². The number of methoxy groups -OCH3 is 1. The van der Waals surface area contributed by atoms with Crippen LogP contribution in [0.1, 0.15) is 25.3 Å². The van der Waals surface area contributed by atoms with Gasteiger partial charge in [-0.2, -0.15) is 0 Å². The van der Waals surface area contributed by atoms with E-state index in [2.05, 4.69) is 15.0 Å². The summed E-state index contributed by atoms with van der Waals surface area (Å²) in [5.74, 6) is 3.29. The summed E-state index contributed by atoms with van der Waals surface area (Å²) in [6.07, 6.45) is 0.117. The quantitative estimate of drug-likeness (QED) is 0.273. The van der Waals surface area contributed by atoms with Gasteiger partial charge in [0.25, 0.3) is 5.56 Å². The van der Waals surface area contributed by atoms with E-state index in [0.717, 1.165) is 28.3 Å². The van der Waals surface area contributed by atoms with Gasteiger partial charge in [0.1, 0.15) is 17.3 Å². The molecule has 0 unspecified atom stereocenters. The molecule has 0 aliphatic carbocycles. The number of hydrogen-bond donors (Lipinski definition) is 1. The molecule has 2 aromatic carbocycles. The molecular weight excluding hydrogens is 438 g/mol. The molecule has 2 aromatic heterocycles. The molecule has 0 spiro atoms.